The Hall–Kier alpha value is -1.04. The maximum atomic E-state index is 12.4. The Morgan fingerprint density at radius 1 is 1.29 bits per heavy atom. The van der Waals surface area contributed by atoms with E-state index in [0.717, 1.165) is 10.2 Å². The molecule has 0 amide bonds. The average molecular weight is 249 g/mol. The molecule has 0 saturated heterocycles. The number of nitrogens with zero attached hydrogens (tertiary/aromatic N) is 2. The second kappa shape index (κ2) is 5.08. The Morgan fingerprint density at radius 3 is 2.24 bits per heavy atom. The summed E-state index contributed by atoms with van der Waals surface area (Å²) in [6.07, 6.45) is -3.16. The van der Waals surface area contributed by atoms with Gasteiger partial charge in [-0.15, -0.1) is 0 Å². The molecule has 0 aliphatic carbocycles. The van der Waals surface area contributed by atoms with Gasteiger partial charge < -0.3 is 5.73 Å². The van der Waals surface area contributed by atoms with Gasteiger partial charge in [0.1, 0.15) is 6.54 Å². The van der Waals surface area contributed by atoms with Gasteiger partial charge in [-0.3, -0.25) is 4.68 Å². The van der Waals surface area contributed by atoms with E-state index < -0.39 is 12.7 Å². The number of halogens is 3. The zero-order valence-corrected chi connectivity index (χ0v) is 10.3. The van der Waals surface area contributed by atoms with Gasteiger partial charge in [0.25, 0.3) is 0 Å². The molecule has 0 fully saturated rings. The summed E-state index contributed by atoms with van der Waals surface area (Å²) in [5, 5.41) is 4.02. The van der Waals surface area contributed by atoms with Gasteiger partial charge in [-0.1, -0.05) is 13.8 Å². The first-order valence-corrected chi connectivity index (χ1v) is 5.70. The molecule has 0 aliphatic heterocycles. The summed E-state index contributed by atoms with van der Waals surface area (Å²) in [4.78, 5) is 0. The Morgan fingerprint density at radius 2 is 1.88 bits per heavy atom. The fourth-order valence-corrected chi connectivity index (χ4v) is 2.03. The summed E-state index contributed by atoms with van der Waals surface area (Å²) in [5.41, 5.74) is 7.83. The van der Waals surface area contributed by atoms with Crippen LogP contribution in [0.3, 0.4) is 0 Å². The van der Waals surface area contributed by atoms with Crippen LogP contribution >= 0.6 is 0 Å². The quantitative estimate of drug-likeness (QED) is 0.891. The minimum atomic E-state index is -4.25. The zero-order chi connectivity index (χ0) is 13.2. The van der Waals surface area contributed by atoms with Crippen LogP contribution in [0.15, 0.2) is 0 Å². The maximum absolute atomic E-state index is 12.4. The number of nitrogens with two attached hydrogens (primary N) is 1. The summed E-state index contributed by atoms with van der Waals surface area (Å²) in [5.74, 6) is 0. The lowest BCUT2D eigenvalue weighted by Gasteiger charge is -2.11. The summed E-state index contributed by atoms with van der Waals surface area (Å²) < 4.78 is 38.3. The lowest BCUT2D eigenvalue weighted by molar-refractivity contribution is -0.143. The molecule has 1 heterocycles. The fourth-order valence-electron chi connectivity index (χ4n) is 2.03. The number of hydrogen-bond acceptors (Lipinski definition) is 2. The first-order chi connectivity index (χ1) is 7.80. The Bertz CT molecular complexity index is 380. The molecule has 0 saturated carbocycles. The smallest absolute Gasteiger partial charge is 0.324 e. The molecule has 1 rings (SSSR count). The highest BCUT2D eigenvalue weighted by Crippen LogP contribution is 2.25. The van der Waals surface area contributed by atoms with Crippen molar-refractivity contribution < 1.29 is 13.2 Å². The van der Waals surface area contributed by atoms with Gasteiger partial charge in [-0.2, -0.15) is 18.3 Å². The first-order valence-electron chi connectivity index (χ1n) is 5.70. The van der Waals surface area contributed by atoms with Gasteiger partial charge in [0.2, 0.25) is 0 Å². The Balaban J connectivity index is 3.22. The summed E-state index contributed by atoms with van der Waals surface area (Å²) in [7, 11) is 0. The van der Waals surface area contributed by atoms with Crippen molar-refractivity contribution in [2.75, 3.05) is 0 Å². The van der Waals surface area contributed by atoms with Crippen molar-refractivity contribution in [2.45, 2.75) is 52.4 Å². The van der Waals surface area contributed by atoms with E-state index in [0.29, 0.717) is 24.2 Å². The van der Waals surface area contributed by atoms with Gasteiger partial charge in [-0.25, -0.2) is 0 Å². The van der Waals surface area contributed by atoms with Crippen LogP contribution in [0.25, 0.3) is 0 Å². The SMILES string of the molecule is CCc1nn(CC(F)(F)F)c(CC)c1C(C)N. The summed E-state index contributed by atoms with van der Waals surface area (Å²) in [6, 6.07) is -0.290. The Labute approximate surface area is 98.8 Å². The van der Waals surface area contributed by atoms with Crippen LogP contribution in [0.4, 0.5) is 13.2 Å². The average Bonchev–Trinajstić information content (AvgIpc) is 2.52. The van der Waals surface area contributed by atoms with Crippen molar-refractivity contribution in [3.63, 3.8) is 0 Å². The predicted molar refractivity (Wildman–Crippen MR) is 59.6 cm³/mol. The molecule has 6 heteroatoms. The van der Waals surface area contributed by atoms with Gasteiger partial charge in [0.15, 0.2) is 0 Å². The van der Waals surface area contributed by atoms with Gasteiger partial charge in [0, 0.05) is 17.3 Å². The van der Waals surface area contributed by atoms with Gasteiger partial charge in [-0.05, 0) is 19.8 Å². The highest BCUT2D eigenvalue weighted by Gasteiger charge is 2.31. The van der Waals surface area contributed by atoms with E-state index in [1.807, 2.05) is 13.8 Å². The second-order valence-corrected chi connectivity index (χ2v) is 4.08. The van der Waals surface area contributed by atoms with E-state index in [1.165, 1.54) is 0 Å². The van der Waals surface area contributed by atoms with Crippen molar-refractivity contribution >= 4 is 0 Å². The van der Waals surface area contributed by atoms with Crippen molar-refractivity contribution in [2.24, 2.45) is 5.73 Å². The topological polar surface area (TPSA) is 43.8 Å². The standard InChI is InChI=1S/C11H18F3N3/c1-4-8-10(7(3)15)9(5-2)17(16-8)6-11(12,13)14/h7H,4-6,15H2,1-3H3. The van der Waals surface area contributed by atoms with E-state index in [1.54, 1.807) is 6.92 Å². The van der Waals surface area contributed by atoms with Gasteiger partial charge in [0.05, 0.1) is 5.69 Å². The Kier molecular flexibility index (Phi) is 4.19. The second-order valence-electron chi connectivity index (χ2n) is 4.08. The number of aryl methyl sites for hydroxylation is 1. The number of hydrogen-bond donors (Lipinski definition) is 1. The number of aromatic nitrogens is 2. The summed E-state index contributed by atoms with van der Waals surface area (Å²) >= 11 is 0. The van der Waals surface area contributed by atoms with E-state index in [4.69, 9.17) is 5.73 Å². The maximum Gasteiger partial charge on any atom is 0.408 e. The van der Waals surface area contributed by atoms with E-state index in [-0.39, 0.29) is 6.04 Å². The third-order valence-corrected chi connectivity index (χ3v) is 2.63. The lowest BCUT2D eigenvalue weighted by atomic mass is 10.0. The monoisotopic (exact) mass is 249 g/mol. The normalized spacial score (nSPS) is 14.1. The van der Waals surface area contributed by atoms with Crippen LogP contribution in [-0.4, -0.2) is 16.0 Å². The van der Waals surface area contributed by atoms with Crippen LogP contribution in [-0.2, 0) is 19.4 Å². The van der Waals surface area contributed by atoms with E-state index in [9.17, 15) is 13.2 Å². The predicted octanol–water partition coefficient (Wildman–Crippen LogP) is 2.59. The lowest BCUT2D eigenvalue weighted by Crippen LogP contribution is -2.21. The summed E-state index contributed by atoms with van der Waals surface area (Å²) in [6.45, 7) is 4.41. The third-order valence-electron chi connectivity index (χ3n) is 2.63. The van der Waals surface area contributed by atoms with Crippen LogP contribution in [0, 0.1) is 0 Å². The van der Waals surface area contributed by atoms with E-state index >= 15 is 0 Å². The van der Waals surface area contributed by atoms with Crippen molar-refractivity contribution in [1.29, 1.82) is 0 Å². The molecular formula is C11H18F3N3. The molecule has 0 aliphatic rings. The largest absolute Gasteiger partial charge is 0.408 e. The molecule has 1 aromatic heterocycles. The van der Waals surface area contributed by atoms with Crippen LogP contribution < -0.4 is 5.73 Å². The van der Waals surface area contributed by atoms with Crippen molar-refractivity contribution in [3.8, 4) is 0 Å². The van der Waals surface area contributed by atoms with Crippen molar-refractivity contribution in [3.05, 3.63) is 17.0 Å². The molecule has 1 unspecified atom stereocenters. The highest BCUT2D eigenvalue weighted by atomic mass is 19.4. The van der Waals surface area contributed by atoms with Crippen LogP contribution in [0.1, 0.15) is 43.8 Å². The molecule has 1 atom stereocenters. The van der Waals surface area contributed by atoms with E-state index in [2.05, 4.69) is 5.10 Å². The third kappa shape index (κ3) is 3.21. The molecular weight excluding hydrogens is 231 g/mol. The zero-order valence-electron chi connectivity index (χ0n) is 10.3. The van der Waals surface area contributed by atoms with Crippen molar-refractivity contribution in [1.82, 2.24) is 9.78 Å². The molecule has 98 valence electrons. The first kappa shape index (κ1) is 14.0. The molecule has 2 N–H and O–H groups in total. The molecule has 1 aromatic rings. The molecule has 17 heavy (non-hydrogen) atoms. The molecule has 0 aromatic carbocycles. The highest BCUT2D eigenvalue weighted by molar-refractivity contribution is 5.29. The minimum absolute atomic E-state index is 0.290. The van der Waals surface area contributed by atoms with Gasteiger partial charge >= 0.3 is 6.18 Å². The van der Waals surface area contributed by atoms with Crippen LogP contribution in [0.2, 0.25) is 0 Å². The molecule has 0 radical (unpaired) electrons. The van der Waals surface area contributed by atoms with Crippen LogP contribution in [0.5, 0.6) is 0 Å². The molecule has 0 bridgehead atoms. The minimum Gasteiger partial charge on any atom is -0.324 e. The molecule has 0 spiro atoms. The fraction of sp³-hybridized carbons (Fsp3) is 0.727. The number of alkyl halides is 3. The number of rotatable bonds is 4. The molecule has 3 nitrogen and oxygen atoms in total.